The molecule has 0 aromatic heterocycles. The molecule has 0 amide bonds. The summed E-state index contributed by atoms with van der Waals surface area (Å²) in [6.07, 6.45) is 2.16. The van der Waals surface area contributed by atoms with Crippen molar-refractivity contribution in [2.75, 3.05) is 52.9 Å². The van der Waals surface area contributed by atoms with Crippen molar-refractivity contribution in [3.63, 3.8) is 0 Å². The molecular weight excluding hydrogens is 528 g/mol. The average molecular weight is 573 g/mol. The molecule has 0 fully saturated rings. The molecule has 0 radical (unpaired) electrons. The van der Waals surface area contributed by atoms with Gasteiger partial charge in [-0.3, -0.25) is 0 Å². The van der Waals surface area contributed by atoms with E-state index in [2.05, 4.69) is 26.3 Å². The van der Waals surface area contributed by atoms with Crippen molar-refractivity contribution < 1.29 is 57.1 Å². The van der Waals surface area contributed by atoms with Crippen LogP contribution < -0.4 is 0 Å². The number of hydrogen-bond acceptors (Lipinski definition) is 12. The zero-order valence-corrected chi connectivity index (χ0v) is 24.5. The fourth-order valence-electron chi connectivity index (χ4n) is 2.15. The van der Waals surface area contributed by atoms with Crippen LogP contribution >= 0.6 is 0 Å². The summed E-state index contributed by atoms with van der Waals surface area (Å²) in [5.41, 5.74) is 0.676. The van der Waals surface area contributed by atoms with Crippen LogP contribution in [0.1, 0.15) is 41.5 Å². The van der Waals surface area contributed by atoms with Crippen LogP contribution in [0.2, 0.25) is 0 Å². The van der Waals surface area contributed by atoms with Crippen LogP contribution in [0.15, 0.2) is 49.6 Å². The summed E-state index contributed by atoms with van der Waals surface area (Å²) in [6, 6.07) is 0. The summed E-state index contributed by atoms with van der Waals surface area (Å²) >= 11 is 0. The maximum absolute atomic E-state index is 11.1. The van der Waals surface area contributed by atoms with Crippen molar-refractivity contribution in [2.24, 2.45) is 0 Å². The maximum atomic E-state index is 11.1. The second-order valence-electron chi connectivity index (χ2n) is 8.77. The molecule has 0 aliphatic rings. The minimum Gasteiger partial charge on any atom is -0.460 e. The Morgan fingerprint density at radius 2 is 0.775 bits per heavy atom. The monoisotopic (exact) mass is 572 g/mol. The van der Waals surface area contributed by atoms with E-state index in [0.717, 1.165) is 12.2 Å². The van der Waals surface area contributed by atoms with Crippen molar-refractivity contribution in [3.05, 3.63) is 49.6 Å². The molecule has 0 aliphatic carbocycles. The lowest BCUT2D eigenvalue weighted by atomic mass is 10.3. The first-order chi connectivity index (χ1) is 18.6. The van der Waals surface area contributed by atoms with E-state index >= 15 is 0 Å². The van der Waals surface area contributed by atoms with E-state index in [1.165, 1.54) is 0 Å². The highest BCUT2D eigenvalue weighted by molar-refractivity contribution is 5.87. The van der Waals surface area contributed by atoms with E-state index < -0.39 is 35.5 Å². The molecular formula is C28H44O12. The van der Waals surface area contributed by atoms with E-state index in [-0.39, 0.29) is 52.9 Å². The zero-order valence-electron chi connectivity index (χ0n) is 24.5. The summed E-state index contributed by atoms with van der Waals surface area (Å²) in [4.78, 5) is 43.8. The molecule has 0 aliphatic heterocycles. The lowest BCUT2D eigenvalue weighted by Gasteiger charge is -2.25. The zero-order chi connectivity index (χ0) is 31.2. The fraction of sp³-hybridized carbons (Fsp3) is 0.571. The third-order valence-electron chi connectivity index (χ3n) is 4.12. The summed E-state index contributed by atoms with van der Waals surface area (Å²) in [7, 11) is 0. The molecule has 0 aromatic rings. The lowest BCUT2D eigenvalue weighted by Crippen LogP contribution is -2.32. The van der Waals surface area contributed by atoms with Gasteiger partial charge in [0.25, 0.3) is 0 Å². The van der Waals surface area contributed by atoms with Gasteiger partial charge in [-0.25, -0.2) is 19.2 Å². The van der Waals surface area contributed by atoms with E-state index in [0.29, 0.717) is 11.1 Å². The van der Waals surface area contributed by atoms with Crippen molar-refractivity contribution >= 4 is 23.9 Å². The smallest absolute Gasteiger partial charge is 0.333 e. The second-order valence-corrected chi connectivity index (χ2v) is 8.77. The predicted octanol–water partition coefficient (Wildman–Crippen LogP) is 3.21. The van der Waals surface area contributed by atoms with Gasteiger partial charge in [-0.05, 0) is 41.5 Å². The molecule has 0 aromatic carbocycles. The van der Waals surface area contributed by atoms with E-state index in [1.54, 1.807) is 41.5 Å². The Labute approximate surface area is 236 Å². The molecule has 12 heteroatoms. The molecule has 0 saturated heterocycles. The minimum atomic E-state index is -0.870. The van der Waals surface area contributed by atoms with Gasteiger partial charge in [0.15, 0.2) is 11.6 Å². The Kier molecular flexibility index (Phi) is 20.9. The first-order valence-electron chi connectivity index (χ1n) is 12.4. The Hall–Kier alpha value is -3.32. The van der Waals surface area contributed by atoms with Gasteiger partial charge < -0.3 is 37.9 Å². The SMILES string of the molecule is C=C(C)C(=O)OCCOC(C)(C)OCCOC(=O)C(=C)C.C=CC(=O)OCCOC(C)(C)OCCOC(=O)C=C. The molecule has 0 atom stereocenters. The normalized spacial score (nSPS) is 10.8. The Morgan fingerprint density at radius 1 is 0.525 bits per heavy atom. The summed E-state index contributed by atoms with van der Waals surface area (Å²) in [5.74, 6) is -3.64. The van der Waals surface area contributed by atoms with Crippen LogP contribution in [0.5, 0.6) is 0 Å². The molecule has 0 bridgehead atoms. The molecule has 0 unspecified atom stereocenters. The number of esters is 4. The summed E-state index contributed by atoms with van der Waals surface area (Å²) in [6.45, 7) is 24.7. The van der Waals surface area contributed by atoms with Gasteiger partial charge in [0.05, 0.1) is 26.4 Å². The maximum Gasteiger partial charge on any atom is 0.333 e. The summed E-state index contributed by atoms with van der Waals surface area (Å²) in [5, 5.41) is 0. The van der Waals surface area contributed by atoms with Gasteiger partial charge in [0.2, 0.25) is 0 Å². The van der Waals surface area contributed by atoms with Gasteiger partial charge in [0, 0.05) is 23.3 Å². The third-order valence-corrected chi connectivity index (χ3v) is 4.12. The Morgan fingerprint density at radius 3 is 1.00 bits per heavy atom. The molecule has 0 rings (SSSR count). The largest absolute Gasteiger partial charge is 0.460 e. The lowest BCUT2D eigenvalue weighted by molar-refractivity contribution is -0.222. The van der Waals surface area contributed by atoms with Crippen LogP contribution in [0, 0.1) is 0 Å². The Bertz CT molecular complexity index is 791. The molecule has 0 heterocycles. The number of carbonyl (C=O) groups excluding carboxylic acids is 4. The van der Waals surface area contributed by atoms with Gasteiger partial charge in [-0.2, -0.15) is 0 Å². The highest BCUT2D eigenvalue weighted by Crippen LogP contribution is 2.11. The van der Waals surface area contributed by atoms with Crippen LogP contribution in [-0.4, -0.2) is 88.3 Å². The van der Waals surface area contributed by atoms with Crippen molar-refractivity contribution in [1.82, 2.24) is 0 Å². The molecule has 40 heavy (non-hydrogen) atoms. The van der Waals surface area contributed by atoms with E-state index in [9.17, 15) is 19.2 Å². The number of hydrogen-bond donors (Lipinski definition) is 0. The van der Waals surface area contributed by atoms with Gasteiger partial charge in [0.1, 0.15) is 26.4 Å². The van der Waals surface area contributed by atoms with Crippen LogP contribution in [0.4, 0.5) is 0 Å². The van der Waals surface area contributed by atoms with Crippen molar-refractivity contribution in [2.45, 2.75) is 53.1 Å². The van der Waals surface area contributed by atoms with E-state index in [1.807, 2.05) is 0 Å². The predicted molar refractivity (Wildman–Crippen MR) is 146 cm³/mol. The molecule has 0 N–H and O–H groups in total. The number of ether oxygens (including phenoxy) is 8. The van der Waals surface area contributed by atoms with Crippen LogP contribution in [0.3, 0.4) is 0 Å². The highest BCUT2D eigenvalue weighted by atomic mass is 16.7. The third kappa shape index (κ3) is 23.8. The van der Waals surface area contributed by atoms with Crippen LogP contribution in [-0.2, 0) is 57.1 Å². The van der Waals surface area contributed by atoms with Gasteiger partial charge >= 0.3 is 23.9 Å². The second kappa shape index (κ2) is 21.5. The van der Waals surface area contributed by atoms with Crippen molar-refractivity contribution in [1.29, 1.82) is 0 Å². The quantitative estimate of drug-likeness (QED) is 0.0695. The summed E-state index contributed by atoms with van der Waals surface area (Å²) < 4.78 is 40.8. The number of carbonyl (C=O) groups is 4. The van der Waals surface area contributed by atoms with E-state index in [4.69, 9.17) is 37.9 Å². The van der Waals surface area contributed by atoms with Crippen LogP contribution in [0.25, 0.3) is 0 Å². The number of rotatable bonds is 20. The fourth-order valence-corrected chi connectivity index (χ4v) is 2.15. The van der Waals surface area contributed by atoms with Gasteiger partial charge in [-0.15, -0.1) is 0 Å². The molecule has 0 spiro atoms. The minimum absolute atomic E-state index is 0.114. The molecule has 228 valence electrons. The standard InChI is InChI=1S/C15H24O6.C13H20O6/c1-11(2)13(16)18-7-9-20-15(5,6)21-10-8-19-14(17)12(3)4;1-5-11(14)16-7-9-18-13(3,4)19-10-8-17-12(15)6-2/h1,3,7-10H2,2,4-6H3;5-6H,1-2,7-10H2,3-4H3. The first kappa shape index (κ1) is 38.8. The average Bonchev–Trinajstić information content (AvgIpc) is 2.89. The molecule has 12 nitrogen and oxygen atoms in total. The Balaban J connectivity index is 0. The first-order valence-corrected chi connectivity index (χ1v) is 12.4. The highest BCUT2D eigenvalue weighted by Gasteiger charge is 2.20. The van der Waals surface area contributed by atoms with Crippen molar-refractivity contribution in [3.8, 4) is 0 Å². The molecule has 0 saturated carbocycles. The topological polar surface area (TPSA) is 142 Å². The van der Waals surface area contributed by atoms with Gasteiger partial charge in [-0.1, -0.05) is 26.3 Å².